The van der Waals surface area contributed by atoms with Crippen molar-refractivity contribution < 1.29 is 13.2 Å². The zero-order valence-corrected chi connectivity index (χ0v) is 9.94. The fourth-order valence-electron chi connectivity index (χ4n) is 1.62. The molecule has 0 aromatic heterocycles. The van der Waals surface area contributed by atoms with Gasteiger partial charge in [0, 0.05) is 5.71 Å². The molecule has 1 aromatic rings. The topological polar surface area (TPSA) is 92.8 Å². The van der Waals surface area contributed by atoms with Crippen molar-refractivity contribution in [3.8, 4) is 0 Å². The van der Waals surface area contributed by atoms with Gasteiger partial charge >= 0.3 is 0 Å². The van der Waals surface area contributed by atoms with Crippen LogP contribution in [-0.4, -0.2) is 20.0 Å². The SMILES string of the molecule is CC1=NN(c2ccccc2S(N)(=O)=O)C(=O)C1. The van der Waals surface area contributed by atoms with E-state index in [0.29, 0.717) is 5.71 Å². The minimum absolute atomic E-state index is 0.105. The van der Waals surface area contributed by atoms with Gasteiger partial charge in [0.05, 0.1) is 12.1 Å². The molecule has 90 valence electrons. The molecule has 0 aliphatic carbocycles. The number of carbonyl (C=O) groups is 1. The maximum atomic E-state index is 11.6. The van der Waals surface area contributed by atoms with E-state index in [1.807, 2.05) is 0 Å². The summed E-state index contributed by atoms with van der Waals surface area (Å²) in [6, 6.07) is 6.02. The number of benzene rings is 1. The summed E-state index contributed by atoms with van der Waals surface area (Å²) < 4.78 is 22.8. The van der Waals surface area contributed by atoms with E-state index in [1.165, 1.54) is 12.1 Å². The summed E-state index contributed by atoms with van der Waals surface area (Å²) in [5.74, 6) is -0.265. The molecule has 0 saturated carbocycles. The van der Waals surface area contributed by atoms with Crippen LogP contribution in [0.3, 0.4) is 0 Å². The number of hydrogen-bond acceptors (Lipinski definition) is 4. The number of hydrazone groups is 1. The molecule has 17 heavy (non-hydrogen) atoms. The average Bonchev–Trinajstić information content (AvgIpc) is 2.56. The molecule has 1 aliphatic rings. The molecule has 0 fully saturated rings. The number of sulfonamides is 1. The molecule has 2 rings (SSSR count). The molecule has 1 amide bonds. The van der Waals surface area contributed by atoms with Gasteiger partial charge < -0.3 is 0 Å². The minimum atomic E-state index is -3.87. The molecule has 0 radical (unpaired) electrons. The predicted molar refractivity (Wildman–Crippen MR) is 63.0 cm³/mol. The molecule has 0 unspecified atom stereocenters. The van der Waals surface area contributed by atoms with Crippen molar-refractivity contribution in [3.05, 3.63) is 24.3 Å². The monoisotopic (exact) mass is 253 g/mol. The summed E-state index contributed by atoms with van der Waals surface area (Å²) in [4.78, 5) is 11.5. The van der Waals surface area contributed by atoms with E-state index in [-0.39, 0.29) is 22.9 Å². The maximum absolute atomic E-state index is 11.6. The summed E-state index contributed by atoms with van der Waals surface area (Å²) in [6.45, 7) is 1.71. The Balaban J connectivity index is 2.58. The summed E-state index contributed by atoms with van der Waals surface area (Å²) in [5.41, 5.74) is 0.830. The lowest BCUT2D eigenvalue weighted by Gasteiger charge is -2.14. The van der Waals surface area contributed by atoms with Crippen LogP contribution >= 0.6 is 0 Å². The van der Waals surface area contributed by atoms with Crippen molar-refractivity contribution >= 4 is 27.3 Å². The number of amides is 1. The summed E-state index contributed by atoms with van der Waals surface area (Å²) in [7, 11) is -3.87. The lowest BCUT2D eigenvalue weighted by atomic mass is 10.3. The van der Waals surface area contributed by atoms with Crippen molar-refractivity contribution in [3.63, 3.8) is 0 Å². The van der Waals surface area contributed by atoms with Crippen molar-refractivity contribution in [2.75, 3.05) is 5.01 Å². The number of primary sulfonamides is 1. The number of hydrogen-bond donors (Lipinski definition) is 1. The van der Waals surface area contributed by atoms with Crippen LogP contribution in [0, 0.1) is 0 Å². The van der Waals surface area contributed by atoms with Crippen LogP contribution in [0.25, 0.3) is 0 Å². The third-order valence-corrected chi connectivity index (χ3v) is 3.27. The normalized spacial score (nSPS) is 16.2. The molecule has 0 spiro atoms. The van der Waals surface area contributed by atoms with Crippen LogP contribution in [0.2, 0.25) is 0 Å². The van der Waals surface area contributed by atoms with Crippen LogP contribution in [0.15, 0.2) is 34.3 Å². The molecule has 0 saturated heterocycles. The van der Waals surface area contributed by atoms with Crippen molar-refractivity contribution in [2.24, 2.45) is 10.2 Å². The Labute approximate surface area is 98.8 Å². The Kier molecular flexibility index (Phi) is 2.72. The van der Waals surface area contributed by atoms with E-state index >= 15 is 0 Å². The summed E-state index contributed by atoms with van der Waals surface area (Å²) >= 11 is 0. The highest BCUT2D eigenvalue weighted by Crippen LogP contribution is 2.27. The first-order chi connectivity index (χ1) is 7.89. The first-order valence-corrected chi connectivity index (χ1v) is 6.43. The lowest BCUT2D eigenvalue weighted by molar-refractivity contribution is -0.116. The van der Waals surface area contributed by atoms with E-state index in [2.05, 4.69) is 5.10 Å². The first kappa shape index (κ1) is 11.7. The van der Waals surface area contributed by atoms with E-state index in [0.717, 1.165) is 5.01 Å². The third-order valence-electron chi connectivity index (χ3n) is 2.31. The van der Waals surface area contributed by atoms with Crippen LogP contribution in [0.1, 0.15) is 13.3 Å². The number of para-hydroxylation sites is 1. The Hall–Kier alpha value is -1.73. The van der Waals surface area contributed by atoms with Crippen molar-refractivity contribution in [2.45, 2.75) is 18.2 Å². The van der Waals surface area contributed by atoms with Crippen LogP contribution in [0.5, 0.6) is 0 Å². The Morgan fingerprint density at radius 3 is 2.53 bits per heavy atom. The highest BCUT2D eigenvalue weighted by molar-refractivity contribution is 7.89. The third kappa shape index (κ3) is 2.20. The van der Waals surface area contributed by atoms with E-state index < -0.39 is 10.0 Å². The zero-order valence-electron chi connectivity index (χ0n) is 9.12. The number of rotatable bonds is 2. The van der Waals surface area contributed by atoms with Gasteiger partial charge in [0.2, 0.25) is 10.0 Å². The van der Waals surface area contributed by atoms with Gasteiger partial charge in [-0.25, -0.2) is 13.6 Å². The van der Waals surface area contributed by atoms with E-state index in [1.54, 1.807) is 19.1 Å². The number of carbonyl (C=O) groups excluding carboxylic acids is 1. The fourth-order valence-corrected chi connectivity index (χ4v) is 2.33. The molecule has 0 atom stereocenters. The molecule has 1 aromatic carbocycles. The quantitative estimate of drug-likeness (QED) is 0.829. The van der Waals surface area contributed by atoms with Gasteiger partial charge in [-0.1, -0.05) is 12.1 Å². The van der Waals surface area contributed by atoms with Gasteiger partial charge in [0.15, 0.2) is 0 Å². The highest BCUT2D eigenvalue weighted by Gasteiger charge is 2.27. The molecule has 0 bridgehead atoms. The first-order valence-electron chi connectivity index (χ1n) is 4.88. The van der Waals surface area contributed by atoms with Gasteiger partial charge in [-0.05, 0) is 19.1 Å². The van der Waals surface area contributed by atoms with Crippen LogP contribution < -0.4 is 10.1 Å². The lowest BCUT2D eigenvalue weighted by Crippen LogP contribution is -2.23. The Bertz CT molecular complexity index is 607. The maximum Gasteiger partial charge on any atom is 0.253 e. The molecular weight excluding hydrogens is 242 g/mol. The second kappa shape index (κ2) is 3.94. The second-order valence-electron chi connectivity index (χ2n) is 3.73. The van der Waals surface area contributed by atoms with Gasteiger partial charge in [-0.15, -0.1) is 0 Å². The number of nitrogens with two attached hydrogens (primary N) is 1. The van der Waals surface area contributed by atoms with Crippen LogP contribution in [0.4, 0.5) is 5.69 Å². The highest BCUT2D eigenvalue weighted by atomic mass is 32.2. The van der Waals surface area contributed by atoms with E-state index in [9.17, 15) is 13.2 Å². The number of nitrogens with zero attached hydrogens (tertiary/aromatic N) is 2. The van der Waals surface area contributed by atoms with E-state index in [4.69, 9.17) is 5.14 Å². The standard InChI is InChI=1S/C10H11N3O3S/c1-7-6-10(14)13(12-7)8-4-2-3-5-9(8)17(11,15)16/h2-5H,6H2,1H3,(H2,11,15,16). The largest absolute Gasteiger partial charge is 0.272 e. The minimum Gasteiger partial charge on any atom is -0.272 e. The van der Waals surface area contributed by atoms with Gasteiger partial charge in [-0.2, -0.15) is 10.1 Å². The Morgan fingerprint density at radius 2 is 2.00 bits per heavy atom. The van der Waals surface area contributed by atoms with Crippen molar-refractivity contribution in [1.82, 2.24) is 0 Å². The van der Waals surface area contributed by atoms with Gasteiger partial charge in [-0.3, -0.25) is 4.79 Å². The molecule has 6 nitrogen and oxygen atoms in total. The smallest absolute Gasteiger partial charge is 0.253 e. The second-order valence-corrected chi connectivity index (χ2v) is 5.26. The van der Waals surface area contributed by atoms with Crippen LogP contribution in [-0.2, 0) is 14.8 Å². The molecule has 7 heteroatoms. The fraction of sp³-hybridized carbons (Fsp3) is 0.200. The summed E-state index contributed by atoms with van der Waals surface area (Å²) in [6.07, 6.45) is 0.193. The molecule has 1 aliphatic heterocycles. The van der Waals surface area contributed by atoms with Gasteiger partial charge in [0.1, 0.15) is 4.90 Å². The molecular formula is C10H11N3O3S. The molecule has 2 N–H and O–H groups in total. The molecule has 1 heterocycles. The van der Waals surface area contributed by atoms with Gasteiger partial charge in [0.25, 0.3) is 5.91 Å². The average molecular weight is 253 g/mol. The number of anilines is 1. The summed E-state index contributed by atoms with van der Waals surface area (Å²) in [5, 5.41) is 10.2. The predicted octanol–water partition coefficient (Wildman–Crippen LogP) is 0.447. The Morgan fingerprint density at radius 1 is 1.35 bits per heavy atom. The van der Waals surface area contributed by atoms with Crippen molar-refractivity contribution in [1.29, 1.82) is 0 Å². The zero-order chi connectivity index (χ0) is 12.6.